The monoisotopic (exact) mass is 454 g/mol. The number of ether oxygens (including phenoxy) is 1. The van der Waals surface area contributed by atoms with Crippen molar-refractivity contribution in [2.75, 3.05) is 19.7 Å². The van der Waals surface area contributed by atoms with Crippen LogP contribution in [-0.2, 0) is 14.8 Å². The van der Waals surface area contributed by atoms with Crippen molar-refractivity contribution in [2.45, 2.75) is 31.1 Å². The van der Waals surface area contributed by atoms with Crippen LogP contribution >= 0.6 is 11.6 Å². The molecule has 30 heavy (non-hydrogen) atoms. The van der Waals surface area contributed by atoms with E-state index in [-0.39, 0.29) is 31.0 Å². The van der Waals surface area contributed by atoms with Gasteiger partial charge in [0.1, 0.15) is 11.6 Å². The first-order valence-electron chi connectivity index (χ1n) is 9.54. The smallest absolute Gasteiger partial charge is 0.243 e. The number of halogens is 2. The molecule has 162 valence electrons. The van der Waals surface area contributed by atoms with Gasteiger partial charge in [0.15, 0.2) is 0 Å². The summed E-state index contributed by atoms with van der Waals surface area (Å²) in [5.41, 5.74) is 5.76. The highest BCUT2D eigenvalue weighted by Crippen LogP contribution is 2.37. The molecule has 0 unspecified atom stereocenters. The van der Waals surface area contributed by atoms with Crippen LogP contribution in [0.15, 0.2) is 47.4 Å². The van der Waals surface area contributed by atoms with Gasteiger partial charge in [0, 0.05) is 29.9 Å². The molecule has 1 heterocycles. The van der Waals surface area contributed by atoms with E-state index in [1.807, 2.05) is 13.0 Å². The summed E-state index contributed by atoms with van der Waals surface area (Å²) in [4.78, 5) is 11.6. The molecule has 2 aromatic carbocycles. The molecule has 0 aliphatic carbocycles. The minimum Gasteiger partial charge on any atom is -0.493 e. The highest BCUT2D eigenvalue weighted by molar-refractivity contribution is 7.89. The largest absolute Gasteiger partial charge is 0.493 e. The quantitative estimate of drug-likeness (QED) is 0.693. The summed E-state index contributed by atoms with van der Waals surface area (Å²) < 4.78 is 46.4. The minimum atomic E-state index is -3.82. The molecule has 1 amide bonds. The van der Waals surface area contributed by atoms with E-state index >= 15 is 0 Å². The first-order chi connectivity index (χ1) is 14.1. The zero-order valence-electron chi connectivity index (χ0n) is 16.6. The lowest BCUT2D eigenvalue weighted by Crippen LogP contribution is -2.47. The van der Waals surface area contributed by atoms with Crippen molar-refractivity contribution in [2.24, 2.45) is 11.1 Å². The van der Waals surface area contributed by atoms with Gasteiger partial charge in [-0.1, -0.05) is 17.7 Å². The van der Waals surface area contributed by atoms with Crippen LogP contribution in [0, 0.1) is 18.2 Å². The van der Waals surface area contributed by atoms with E-state index in [4.69, 9.17) is 22.1 Å². The lowest BCUT2D eigenvalue weighted by molar-refractivity contribution is -0.121. The van der Waals surface area contributed by atoms with Gasteiger partial charge in [-0.15, -0.1) is 0 Å². The number of nitrogens with zero attached hydrogens (tertiary/aromatic N) is 1. The summed E-state index contributed by atoms with van der Waals surface area (Å²) in [7, 11) is -3.82. The molecule has 0 bridgehead atoms. The molecular formula is C21H24ClFN2O4S. The normalized spacial score (nSPS) is 16.9. The van der Waals surface area contributed by atoms with Crippen molar-refractivity contribution < 1.29 is 22.3 Å². The Morgan fingerprint density at radius 3 is 2.53 bits per heavy atom. The fraction of sp³-hybridized carbons (Fsp3) is 0.381. The van der Waals surface area contributed by atoms with Crippen LogP contribution in [0.5, 0.6) is 5.75 Å². The topological polar surface area (TPSA) is 89.7 Å². The van der Waals surface area contributed by atoms with Crippen LogP contribution in [0.25, 0.3) is 0 Å². The second-order valence-electron chi connectivity index (χ2n) is 7.70. The maximum Gasteiger partial charge on any atom is 0.243 e. The molecule has 0 radical (unpaired) electrons. The Morgan fingerprint density at radius 2 is 1.93 bits per heavy atom. The standard InChI is InChI=1S/C21H24ClFN2O4S/c1-15-11-17(5-6-19(15)22)29-14-21(13-20(24)26)7-9-25(10-8-21)30(27,28)18-4-2-3-16(23)12-18/h2-6,11-12H,7-10,13-14H2,1H3,(H2,24,26). The van der Waals surface area contributed by atoms with Gasteiger partial charge < -0.3 is 10.5 Å². The molecular weight excluding hydrogens is 431 g/mol. The predicted octanol–water partition coefficient (Wildman–Crippen LogP) is 3.51. The third-order valence-electron chi connectivity index (χ3n) is 5.44. The number of carbonyl (C=O) groups is 1. The highest BCUT2D eigenvalue weighted by Gasteiger charge is 2.40. The number of sulfonamides is 1. The van der Waals surface area contributed by atoms with Crippen molar-refractivity contribution in [1.82, 2.24) is 4.31 Å². The molecule has 2 N–H and O–H groups in total. The Hall–Kier alpha value is -2.16. The molecule has 1 saturated heterocycles. The minimum absolute atomic E-state index is 0.0854. The predicted molar refractivity (Wildman–Crippen MR) is 112 cm³/mol. The van der Waals surface area contributed by atoms with E-state index in [9.17, 15) is 17.6 Å². The van der Waals surface area contributed by atoms with E-state index in [1.165, 1.54) is 22.5 Å². The molecule has 2 aromatic rings. The van der Waals surface area contributed by atoms with Crippen molar-refractivity contribution in [1.29, 1.82) is 0 Å². The lowest BCUT2D eigenvalue weighted by atomic mass is 9.76. The van der Waals surface area contributed by atoms with Crippen LogP contribution in [0.1, 0.15) is 24.8 Å². The molecule has 0 spiro atoms. The van der Waals surface area contributed by atoms with Crippen LogP contribution in [0.4, 0.5) is 4.39 Å². The number of benzene rings is 2. The fourth-order valence-corrected chi connectivity index (χ4v) is 5.25. The Labute approximate surface area is 180 Å². The molecule has 1 fully saturated rings. The number of aryl methyl sites for hydroxylation is 1. The molecule has 3 rings (SSSR count). The second-order valence-corrected chi connectivity index (χ2v) is 10.0. The van der Waals surface area contributed by atoms with Gasteiger partial charge in [-0.25, -0.2) is 12.8 Å². The fourth-order valence-electron chi connectivity index (χ4n) is 3.66. The number of carbonyl (C=O) groups excluding carboxylic acids is 1. The molecule has 0 saturated carbocycles. The average molecular weight is 455 g/mol. The van der Waals surface area contributed by atoms with E-state index < -0.39 is 27.2 Å². The van der Waals surface area contributed by atoms with Gasteiger partial charge in [-0.05, 0) is 61.7 Å². The summed E-state index contributed by atoms with van der Waals surface area (Å²) in [6.45, 7) is 2.47. The van der Waals surface area contributed by atoms with Crippen LogP contribution in [0.2, 0.25) is 5.02 Å². The Bertz CT molecular complexity index is 1040. The summed E-state index contributed by atoms with van der Waals surface area (Å²) in [6, 6.07) is 10.2. The summed E-state index contributed by atoms with van der Waals surface area (Å²) in [6.07, 6.45) is 0.890. The summed E-state index contributed by atoms with van der Waals surface area (Å²) in [5.74, 6) is -0.453. The van der Waals surface area contributed by atoms with Crippen molar-refractivity contribution in [3.8, 4) is 5.75 Å². The van der Waals surface area contributed by atoms with Gasteiger partial charge in [-0.2, -0.15) is 4.31 Å². The Morgan fingerprint density at radius 1 is 1.23 bits per heavy atom. The third-order valence-corrected chi connectivity index (χ3v) is 7.76. The molecule has 1 aliphatic heterocycles. The first kappa shape index (κ1) is 22.5. The van der Waals surface area contributed by atoms with Gasteiger partial charge >= 0.3 is 0 Å². The van der Waals surface area contributed by atoms with Gasteiger partial charge in [0.05, 0.1) is 11.5 Å². The van der Waals surface area contributed by atoms with Crippen LogP contribution < -0.4 is 10.5 Å². The lowest BCUT2D eigenvalue weighted by Gasteiger charge is -2.40. The highest BCUT2D eigenvalue weighted by atomic mass is 35.5. The number of hydrogen-bond donors (Lipinski definition) is 1. The molecule has 6 nitrogen and oxygen atoms in total. The third kappa shape index (κ3) is 5.11. The number of rotatable bonds is 7. The second kappa shape index (κ2) is 8.91. The van der Waals surface area contributed by atoms with E-state index in [1.54, 1.807) is 12.1 Å². The Balaban J connectivity index is 1.73. The van der Waals surface area contributed by atoms with E-state index in [0.717, 1.165) is 11.6 Å². The maximum absolute atomic E-state index is 13.5. The Kier molecular flexibility index (Phi) is 6.69. The van der Waals surface area contributed by atoms with Crippen molar-refractivity contribution >= 4 is 27.5 Å². The molecule has 0 aromatic heterocycles. The van der Waals surface area contributed by atoms with Gasteiger partial charge in [-0.3, -0.25) is 4.79 Å². The molecule has 0 atom stereocenters. The van der Waals surface area contributed by atoms with Crippen molar-refractivity contribution in [3.63, 3.8) is 0 Å². The SMILES string of the molecule is Cc1cc(OCC2(CC(N)=O)CCN(S(=O)(=O)c3cccc(F)c3)CC2)ccc1Cl. The van der Waals surface area contributed by atoms with E-state index in [0.29, 0.717) is 23.6 Å². The summed E-state index contributed by atoms with van der Waals surface area (Å²) >= 11 is 6.04. The zero-order valence-corrected chi connectivity index (χ0v) is 18.2. The summed E-state index contributed by atoms with van der Waals surface area (Å²) in [5, 5.41) is 0.630. The number of hydrogen-bond acceptors (Lipinski definition) is 4. The maximum atomic E-state index is 13.5. The average Bonchev–Trinajstić information content (AvgIpc) is 2.69. The number of piperidine rings is 1. The van der Waals surface area contributed by atoms with Crippen LogP contribution in [-0.4, -0.2) is 38.3 Å². The molecule has 1 aliphatic rings. The number of amides is 1. The van der Waals surface area contributed by atoms with Gasteiger partial charge in [0.25, 0.3) is 0 Å². The van der Waals surface area contributed by atoms with E-state index in [2.05, 4.69) is 0 Å². The van der Waals surface area contributed by atoms with Gasteiger partial charge in [0.2, 0.25) is 15.9 Å². The number of primary amides is 1. The van der Waals surface area contributed by atoms with Crippen molar-refractivity contribution in [3.05, 3.63) is 58.9 Å². The zero-order chi connectivity index (χ0) is 21.9. The van der Waals surface area contributed by atoms with Crippen LogP contribution in [0.3, 0.4) is 0 Å². The molecule has 9 heteroatoms. The first-order valence-corrected chi connectivity index (χ1v) is 11.4. The number of nitrogens with two attached hydrogens (primary N) is 1.